The van der Waals surface area contributed by atoms with Crippen LogP contribution in [0.3, 0.4) is 0 Å². The second-order valence-corrected chi connectivity index (χ2v) is 5.93. The van der Waals surface area contributed by atoms with Gasteiger partial charge in [0, 0.05) is 30.5 Å². The van der Waals surface area contributed by atoms with Crippen molar-refractivity contribution >= 4 is 36.0 Å². The number of rotatable bonds is 5. The second kappa shape index (κ2) is 7.15. The van der Waals surface area contributed by atoms with Gasteiger partial charge in [0.25, 0.3) is 0 Å². The van der Waals surface area contributed by atoms with E-state index >= 15 is 0 Å². The van der Waals surface area contributed by atoms with Gasteiger partial charge in [-0.1, -0.05) is 13.0 Å². The Morgan fingerprint density at radius 1 is 1.27 bits per heavy atom. The van der Waals surface area contributed by atoms with Gasteiger partial charge in [-0.25, -0.2) is 9.78 Å². The van der Waals surface area contributed by atoms with E-state index in [9.17, 15) is 19.6 Å². The molecule has 3 rings (SSSR count). The molecule has 1 aromatic carbocycles. The fraction of sp³-hybridized carbons (Fsp3) is 0.235. The lowest BCUT2D eigenvalue weighted by Crippen LogP contribution is -2.38. The van der Waals surface area contributed by atoms with Crippen LogP contribution < -0.4 is 21.0 Å². The number of amides is 3. The molecule has 1 aliphatic rings. The minimum absolute atomic E-state index is 0.293. The molecule has 0 radical (unpaired) electrons. The molecule has 1 saturated heterocycles. The predicted octanol–water partition coefficient (Wildman–Crippen LogP) is -0.131. The standard InChI is InChI=1S/C17H19BN4O4/c1-2-13-14(18(25)26)6-7-20-16(13)22-9-8-21(17(22)24)12-5-3-4-11(10-12)15(19)23/h3-7,10,25-26H,2,8-9H2,1H3,(H2,19,23). The lowest BCUT2D eigenvalue weighted by molar-refractivity contribution is 0.1000. The van der Waals surface area contributed by atoms with Crippen LogP contribution in [0.25, 0.3) is 0 Å². The number of pyridine rings is 1. The van der Waals surface area contributed by atoms with E-state index in [2.05, 4.69) is 4.98 Å². The van der Waals surface area contributed by atoms with Crippen molar-refractivity contribution in [2.75, 3.05) is 22.9 Å². The van der Waals surface area contributed by atoms with E-state index in [1.165, 1.54) is 22.1 Å². The number of carbonyl (C=O) groups excluding carboxylic acids is 2. The maximum absolute atomic E-state index is 12.9. The summed E-state index contributed by atoms with van der Waals surface area (Å²) in [6, 6.07) is 7.80. The van der Waals surface area contributed by atoms with E-state index in [0.717, 1.165) is 0 Å². The fourth-order valence-electron chi connectivity index (χ4n) is 3.13. The van der Waals surface area contributed by atoms with Gasteiger partial charge in [0.2, 0.25) is 5.91 Å². The SMILES string of the molecule is CCc1c(B(O)O)ccnc1N1CCN(c2cccc(C(N)=O)c2)C1=O. The van der Waals surface area contributed by atoms with Crippen LogP contribution in [0.15, 0.2) is 36.5 Å². The molecule has 1 aliphatic heterocycles. The quantitative estimate of drug-likeness (QED) is 0.646. The minimum atomic E-state index is -1.63. The number of hydrogen-bond acceptors (Lipinski definition) is 5. The van der Waals surface area contributed by atoms with Crippen LogP contribution in [-0.4, -0.2) is 47.2 Å². The highest BCUT2D eigenvalue weighted by molar-refractivity contribution is 6.59. The first kappa shape index (κ1) is 17.9. The Balaban J connectivity index is 1.94. The Kier molecular flexibility index (Phi) is 4.92. The van der Waals surface area contributed by atoms with Crippen LogP contribution in [0.4, 0.5) is 16.3 Å². The maximum atomic E-state index is 12.9. The van der Waals surface area contributed by atoms with Crippen molar-refractivity contribution in [3.8, 4) is 0 Å². The number of nitrogens with zero attached hydrogens (tertiary/aromatic N) is 3. The van der Waals surface area contributed by atoms with Crippen LogP contribution in [0, 0.1) is 0 Å². The van der Waals surface area contributed by atoms with Crippen LogP contribution >= 0.6 is 0 Å². The summed E-state index contributed by atoms with van der Waals surface area (Å²) in [6.07, 6.45) is 1.95. The predicted molar refractivity (Wildman–Crippen MR) is 98.5 cm³/mol. The van der Waals surface area contributed by atoms with Crippen LogP contribution in [0.2, 0.25) is 0 Å². The molecule has 1 aromatic heterocycles. The monoisotopic (exact) mass is 354 g/mol. The van der Waals surface area contributed by atoms with Gasteiger partial charge in [-0.3, -0.25) is 14.6 Å². The summed E-state index contributed by atoms with van der Waals surface area (Å²) in [5, 5.41) is 19.1. The first-order chi connectivity index (χ1) is 12.4. The van der Waals surface area contributed by atoms with Gasteiger partial charge in [0.05, 0.1) is 0 Å². The topological polar surface area (TPSA) is 120 Å². The lowest BCUT2D eigenvalue weighted by Gasteiger charge is -2.21. The van der Waals surface area contributed by atoms with Crippen LogP contribution in [0.1, 0.15) is 22.8 Å². The summed E-state index contributed by atoms with van der Waals surface area (Å²) in [5.41, 5.74) is 7.15. The molecule has 9 heteroatoms. The van der Waals surface area contributed by atoms with Crippen molar-refractivity contribution in [2.24, 2.45) is 5.73 Å². The van der Waals surface area contributed by atoms with Crippen molar-refractivity contribution in [2.45, 2.75) is 13.3 Å². The second-order valence-electron chi connectivity index (χ2n) is 5.93. The molecule has 3 amide bonds. The number of benzene rings is 1. The van der Waals surface area contributed by atoms with Gasteiger partial charge in [0.15, 0.2) is 0 Å². The number of nitrogens with two attached hydrogens (primary N) is 1. The smallest absolute Gasteiger partial charge is 0.423 e. The third kappa shape index (κ3) is 3.14. The van der Waals surface area contributed by atoms with Gasteiger partial charge in [-0.15, -0.1) is 0 Å². The molecular weight excluding hydrogens is 335 g/mol. The first-order valence-corrected chi connectivity index (χ1v) is 8.26. The molecule has 8 nitrogen and oxygen atoms in total. The molecule has 0 unspecified atom stereocenters. The zero-order valence-electron chi connectivity index (χ0n) is 14.3. The van der Waals surface area contributed by atoms with Crippen molar-refractivity contribution in [3.05, 3.63) is 47.7 Å². The van der Waals surface area contributed by atoms with E-state index in [4.69, 9.17) is 5.73 Å². The fourth-order valence-corrected chi connectivity index (χ4v) is 3.13. The Bertz CT molecular complexity index is 858. The van der Waals surface area contributed by atoms with Gasteiger partial charge >= 0.3 is 13.1 Å². The zero-order valence-corrected chi connectivity index (χ0v) is 14.3. The molecule has 0 atom stereocenters. The van der Waals surface area contributed by atoms with Crippen molar-refractivity contribution in [1.82, 2.24) is 4.98 Å². The normalized spacial score (nSPS) is 14.0. The van der Waals surface area contributed by atoms with Gasteiger partial charge in [-0.05, 0) is 41.7 Å². The Hall–Kier alpha value is -2.91. The molecule has 0 saturated carbocycles. The lowest BCUT2D eigenvalue weighted by atomic mass is 9.77. The summed E-state index contributed by atoms with van der Waals surface area (Å²) in [5.74, 6) is -0.147. The van der Waals surface area contributed by atoms with E-state index in [1.807, 2.05) is 6.92 Å². The highest BCUT2D eigenvalue weighted by Gasteiger charge is 2.34. The number of hydrogen-bond donors (Lipinski definition) is 3. The molecule has 1 fully saturated rings. The Labute approximate surface area is 151 Å². The molecule has 0 spiro atoms. The maximum Gasteiger partial charge on any atom is 0.488 e. The van der Waals surface area contributed by atoms with Crippen molar-refractivity contribution in [1.29, 1.82) is 0 Å². The van der Waals surface area contributed by atoms with E-state index in [-0.39, 0.29) is 6.03 Å². The Morgan fingerprint density at radius 3 is 2.65 bits per heavy atom. The summed E-state index contributed by atoms with van der Waals surface area (Å²) in [6.45, 7) is 2.67. The molecule has 2 heterocycles. The number of anilines is 2. The molecule has 0 aliphatic carbocycles. The van der Waals surface area contributed by atoms with Gasteiger partial charge < -0.3 is 15.8 Å². The van der Waals surface area contributed by atoms with Crippen LogP contribution in [0.5, 0.6) is 0 Å². The van der Waals surface area contributed by atoms with E-state index in [1.54, 1.807) is 24.3 Å². The number of carbonyl (C=O) groups is 2. The first-order valence-electron chi connectivity index (χ1n) is 8.26. The average molecular weight is 354 g/mol. The zero-order chi connectivity index (χ0) is 18.8. The summed E-state index contributed by atoms with van der Waals surface area (Å²) >= 11 is 0. The van der Waals surface area contributed by atoms with Crippen molar-refractivity contribution < 1.29 is 19.6 Å². The number of urea groups is 1. The highest BCUT2D eigenvalue weighted by Crippen LogP contribution is 2.26. The van der Waals surface area contributed by atoms with Gasteiger partial charge in [-0.2, -0.15) is 0 Å². The molecule has 4 N–H and O–H groups in total. The Morgan fingerprint density at radius 2 is 2.00 bits per heavy atom. The van der Waals surface area contributed by atoms with Crippen LogP contribution in [-0.2, 0) is 6.42 Å². The molecule has 134 valence electrons. The molecule has 26 heavy (non-hydrogen) atoms. The van der Waals surface area contributed by atoms with E-state index in [0.29, 0.717) is 47.6 Å². The molecular formula is C17H19BN4O4. The number of aromatic nitrogens is 1. The number of primary amides is 1. The van der Waals surface area contributed by atoms with Gasteiger partial charge in [0.1, 0.15) is 5.82 Å². The third-order valence-corrected chi connectivity index (χ3v) is 4.41. The van der Waals surface area contributed by atoms with Crippen molar-refractivity contribution in [3.63, 3.8) is 0 Å². The van der Waals surface area contributed by atoms with E-state index < -0.39 is 13.0 Å². The minimum Gasteiger partial charge on any atom is -0.423 e. The largest absolute Gasteiger partial charge is 0.488 e. The summed E-state index contributed by atoms with van der Waals surface area (Å²) in [4.78, 5) is 31.6. The summed E-state index contributed by atoms with van der Waals surface area (Å²) < 4.78 is 0. The summed E-state index contributed by atoms with van der Waals surface area (Å²) in [7, 11) is -1.63. The third-order valence-electron chi connectivity index (χ3n) is 4.41. The molecule has 2 aromatic rings. The highest BCUT2D eigenvalue weighted by atomic mass is 16.4. The molecule has 0 bridgehead atoms. The average Bonchev–Trinajstić information content (AvgIpc) is 3.02.